The largest absolute Gasteiger partial charge is 0.480 e. The highest BCUT2D eigenvalue weighted by Gasteiger charge is 2.24. The average molecular weight is 386 g/mol. The van der Waals surface area contributed by atoms with Crippen LogP contribution in [0.25, 0.3) is 22.5 Å². The molecule has 3 aromatic carbocycles. The average Bonchev–Trinajstić information content (AvgIpc) is 3.18. The number of H-pyrrole nitrogens is 1. The second-order valence-electron chi connectivity index (χ2n) is 6.24. The monoisotopic (exact) mass is 386 g/mol. The number of benzene rings is 3. The molecule has 0 aliphatic carbocycles. The van der Waals surface area contributed by atoms with Gasteiger partial charge in [-0.3, -0.25) is 4.79 Å². The van der Waals surface area contributed by atoms with Crippen LogP contribution in [0.1, 0.15) is 10.8 Å². The lowest BCUT2D eigenvalue weighted by molar-refractivity contribution is -0.136. The number of hydrogen-bond acceptors (Lipinski definition) is 3. The van der Waals surface area contributed by atoms with Gasteiger partial charge in [-0.1, -0.05) is 103 Å². The van der Waals surface area contributed by atoms with E-state index in [0.29, 0.717) is 5.16 Å². The molecule has 4 nitrogen and oxygen atoms in total. The third-order valence-corrected chi connectivity index (χ3v) is 5.47. The first-order valence-corrected chi connectivity index (χ1v) is 9.75. The Morgan fingerprint density at radius 3 is 1.93 bits per heavy atom. The number of carboxylic acid groups (broad SMARTS) is 1. The van der Waals surface area contributed by atoms with Gasteiger partial charge < -0.3 is 10.1 Å². The Hall–Kier alpha value is -3.31. The predicted octanol–water partition coefficient (Wildman–Crippen LogP) is 5.66. The van der Waals surface area contributed by atoms with Crippen molar-refractivity contribution in [2.75, 3.05) is 0 Å². The molecule has 0 saturated carbocycles. The van der Waals surface area contributed by atoms with Gasteiger partial charge in [0.05, 0.1) is 11.4 Å². The summed E-state index contributed by atoms with van der Waals surface area (Å²) in [6.07, 6.45) is 0. The topological polar surface area (TPSA) is 66.0 Å². The fourth-order valence-electron chi connectivity index (χ4n) is 3.03. The fraction of sp³-hybridized carbons (Fsp3) is 0.0435. The third kappa shape index (κ3) is 3.85. The van der Waals surface area contributed by atoms with Gasteiger partial charge in [-0.2, -0.15) is 0 Å². The summed E-state index contributed by atoms with van der Waals surface area (Å²) >= 11 is 1.21. The van der Waals surface area contributed by atoms with Crippen molar-refractivity contribution in [3.63, 3.8) is 0 Å². The highest BCUT2D eigenvalue weighted by Crippen LogP contribution is 2.38. The Morgan fingerprint density at radius 1 is 0.821 bits per heavy atom. The molecule has 2 N–H and O–H groups in total. The van der Waals surface area contributed by atoms with E-state index in [9.17, 15) is 9.90 Å². The lowest BCUT2D eigenvalue weighted by Gasteiger charge is -2.10. The summed E-state index contributed by atoms with van der Waals surface area (Å²) < 4.78 is 0. The van der Waals surface area contributed by atoms with E-state index in [-0.39, 0.29) is 0 Å². The van der Waals surface area contributed by atoms with Crippen molar-refractivity contribution in [1.82, 2.24) is 9.97 Å². The maximum absolute atomic E-state index is 11.9. The Labute approximate surface area is 167 Å². The lowest BCUT2D eigenvalue weighted by atomic mass is 10.1. The maximum atomic E-state index is 11.9. The minimum Gasteiger partial charge on any atom is -0.480 e. The van der Waals surface area contributed by atoms with Crippen LogP contribution in [0.3, 0.4) is 0 Å². The Kier molecular flexibility index (Phi) is 5.26. The number of carboxylic acids is 1. The number of thioether (sulfide) groups is 1. The van der Waals surface area contributed by atoms with Crippen LogP contribution >= 0.6 is 11.8 Å². The number of imidazole rings is 1. The molecule has 138 valence electrons. The molecule has 0 saturated heterocycles. The van der Waals surface area contributed by atoms with Crippen LogP contribution in [0, 0.1) is 0 Å². The molecule has 0 bridgehead atoms. The van der Waals surface area contributed by atoms with Gasteiger partial charge in [0.2, 0.25) is 0 Å². The summed E-state index contributed by atoms with van der Waals surface area (Å²) in [6.45, 7) is 0. The molecule has 28 heavy (non-hydrogen) atoms. The molecule has 0 aliphatic rings. The van der Waals surface area contributed by atoms with E-state index in [0.717, 1.165) is 28.1 Å². The zero-order valence-corrected chi connectivity index (χ0v) is 15.8. The predicted molar refractivity (Wildman–Crippen MR) is 112 cm³/mol. The Morgan fingerprint density at radius 2 is 1.36 bits per heavy atom. The molecule has 0 fully saturated rings. The van der Waals surface area contributed by atoms with Crippen molar-refractivity contribution in [2.45, 2.75) is 10.4 Å². The normalized spacial score (nSPS) is 11.9. The zero-order valence-electron chi connectivity index (χ0n) is 14.9. The molecule has 1 unspecified atom stereocenters. The van der Waals surface area contributed by atoms with Gasteiger partial charge >= 0.3 is 5.97 Å². The quantitative estimate of drug-likeness (QED) is 0.420. The van der Waals surface area contributed by atoms with E-state index in [4.69, 9.17) is 4.98 Å². The van der Waals surface area contributed by atoms with Gasteiger partial charge in [0.1, 0.15) is 5.25 Å². The highest BCUT2D eigenvalue weighted by molar-refractivity contribution is 8.00. The number of aliphatic carboxylic acids is 1. The number of nitrogens with zero attached hydrogens (tertiary/aromatic N) is 1. The smallest absolute Gasteiger partial charge is 0.321 e. The summed E-state index contributed by atoms with van der Waals surface area (Å²) in [7, 11) is 0. The maximum Gasteiger partial charge on any atom is 0.321 e. The van der Waals surface area contributed by atoms with Gasteiger partial charge in [0.25, 0.3) is 0 Å². The molecule has 1 aromatic heterocycles. The molecule has 5 heteroatoms. The van der Waals surface area contributed by atoms with Crippen molar-refractivity contribution >= 4 is 17.7 Å². The van der Waals surface area contributed by atoms with E-state index in [1.54, 1.807) is 0 Å². The molecule has 1 atom stereocenters. The van der Waals surface area contributed by atoms with Crippen molar-refractivity contribution in [1.29, 1.82) is 0 Å². The third-order valence-electron chi connectivity index (χ3n) is 4.35. The minimum absolute atomic E-state index is 0.578. The van der Waals surface area contributed by atoms with Crippen LogP contribution in [0.2, 0.25) is 0 Å². The summed E-state index contributed by atoms with van der Waals surface area (Å²) in [5.41, 5.74) is 4.42. The van der Waals surface area contributed by atoms with Gasteiger partial charge in [-0.05, 0) is 5.56 Å². The molecule has 4 aromatic rings. The number of aromatic amines is 1. The van der Waals surface area contributed by atoms with Crippen molar-refractivity contribution in [2.24, 2.45) is 0 Å². The Bertz CT molecular complexity index is 1010. The van der Waals surface area contributed by atoms with E-state index in [2.05, 4.69) is 4.98 Å². The first-order chi connectivity index (χ1) is 13.7. The lowest BCUT2D eigenvalue weighted by Crippen LogP contribution is -2.08. The molecule has 0 radical (unpaired) electrons. The van der Waals surface area contributed by atoms with Gasteiger partial charge in [-0.25, -0.2) is 4.98 Å². The van der Waals surface area contributed by atoms with Crippen molar-refractivity contribution < 1.29 is 9.90 Å². The molecule has 0 aliphatic heterocycles. The second kappa shape index (κ2) is 8.15. The van der Waals surface area contributed by atoms with Crippen molar-refractivity contribution in [3.05, 3.63) is 96.6 Å². The summed E-state index contributed by atoms with van der Waals surface area (Å²) in [5, 5.41) is 9.58. The molecule has 0 amide bonds. The molecular formula is C23H18N2O2S. The number of rotatable bonds is 6. The SMILES string of the molecule is O=C(O)C(Sc1nc(-c2ccccc2)c(-c2ccccc2)[nH]1)c1ccccc1. The molecule has 1 heterocycles. The van der Waals surface area contributed by atoms with Crippen molar-refractivity contribution in [3.8, 4) is 22.5 Å². The van der Waals surface area contributed by atoms with E-state index in [1.165, 1.54) is 11.8 Å². The van der Waals surface area contributed by atoms with Crippen LogP contribution in [-0.4, -0.2) is 21.0 Å². The van der Waals surface area contributed by atoms with Crippen LogP contribution < -0.4 is 0 Å². The van der Waals surface area contributed by atoms with E-state index < -0.39 is 11.2 Å². The first-order valence-electron chi connectivity index (χ1n) is 8.87. The zero-order chi connectivity index (χ0) is 19.3. The van der Waals surface area contributed by atoms with Crippen LogP contribution in [0.15, 0.2) is 96.2 Å². The van der Waals surface area contributed by atoms with E-state index in [1.807, 2.05) is 91.0 Å². The molecular weight excluding hydrogens is 368 g/mol. The van der Waals surface area contributed by atoms with Gasteiger partial charge in [0, 0.05) is 11.1 Å². The van der Waals surface area contributed by atoms with Crippen LogP contribution in [-0.2, 0) is 4.79 Å². The van der Waals surface area contributed by atoms with Crippen LogP contribution in [0.5, 0.6) is 0 Å². The number of aromatic nitrogens is 2. The number of hydrogen-bond donors (Lipinski definition) is 2. The van der Waals surface area contributed by atoms with Gasteiger partial charge in [0.15, 0.2) is 5.16 Å². The molecule has 0 spiro atoms. The highest BCUT2D eigenvalue weighted by atomic mass is 32.2. The van der Waals surface area contributed by atoms with E-state index >= 15 is 0 Å². The van der Waals surface area contributed by atoms with Crippen LogP contribution in [0.4, 0.5) is 0 Å². The fourth-order valence-corrected chi connectivity index (χ4v) is 3.95. The second-order valence-corrected chi connectivity index (χ2v) is 7.34. The molecule has 4 rings (SSSR count). The standard InChI is InChI=1S/C23H18N2O2S/c26-22(27)21(18-14-8-3-9-15-18)28-23-24-19(16-10-4-1-5-11-16)20(25-23)17-12-6-2-7-13-17/h1-15,21H,(H,24,25)(H,26,27). The Balaban J connectivity index is 1.76. The number of carbonyl (C=O) groups is 1. The summed E-state index contributed by atoms with van der Waals surface area (Å²) in [4.78, 5) is 20.0. The van der Waals surface area contributed by atoms with Gasteiger partial charge in [-0.15, -0.1) is 0 Å². The number of nitrogens with one attached hydrogen (secondary N) is 1. The summed E-state index contributed by atoms with van der Waals surface area (Å²) in [5.74, 6) is -0.893. The first kappa shape index (κ1) is 18.1. The minimum atomic E-state index is -0.893. The summed E-state index contributed by atoms with van der Waals surface area (Å²) in [6, 6.07) is 29.1.